The number of ether oxygens (including phenoxy) is 2. The maximum atomic E-state index is 14.1. The lowest BCUT2D eigenvalue weighted by atomic mass is 9.64. The van der Waals surface area contributed by atoms with Crippen molar-refractivity contribution in [3.63, 3.8) is 0 Å². The highest BCUT2D eigenvalue weighted by atomic mass is 16.7. The Morgan fingerprint density at radius 1 is 1.14 bits per heavy atom. The van der Waals surface area contributed by atoms with E-state index in [0.717, 1.165) is 0 Å². The van der Waals surface area contributed by atoms with Crippen molar-refractivity contribution in [2.24, 2.45) is 0 Å². The number of nitrogens with one attached hydrogen (secondary N) is 2. The summed E-state index contributed by atoms with van der Waals surface area (Å²) >= 11 is 0. The molecule has 0 saturated carbocycles. The first-order valence-electron chi connectivity index (χ1n) is 13.8. The smallest absolute Gasteiger partial charge is 0.407 e. The summed E-state index contributed by atoms with van der Waals surface area (Å²) in [6.45, 7) is 8.45. The van der Waals surface area contributed by atoms with Gasteiger partial charge in [0, 0.05) is 23.2 Å². The lowest BCUT2D eigenvalue weighted by Gasteiger charge is -2.43. The fourth-order valence-electron chi connectivity index (χ4n) is 6.53. The predicted molar refractivity (Wildman–Crippen MR) is 154 cm³/mol. The molecule has 0 unspecified atom stereocenters. The maximum Gasteiger partial charge on any atom is 0.407 e. The summed E-state index contributed by atoms with van der Waals surface area (Å²) in [5.41, 5.74) is -4.49. The third-order valence-electron chi connectivity index (χ3n) is 8.29. The Morgan fingerprint density at radius 2 is 1.84 bits per heavy atom. The van der Waals surface area contributed by atoms with Crippen LogP contribution in [0, 0.1) is 23.7 Å². The largest absolute Gasteiger partial charge is 0.507 e. The number of phenolic OH excluding ortho intramolecular Hbond substituents is 1. The average molecular weight is 583 g/mol. The van der Waals surface area contributed by atoms with E-state index in [9.17, 15) is 29.7 Å². The number of hydrogen-bond donors (Lipinski definition) is 5. The second-order valence-corrected chi connectivity index (χ2v) is 12.3. The number of rotatable bonds is 3. The van der Waals surface area contributed by atoms with Gasteiger partial charge in [0.15, 0.2) is 28.9 Å². The summed E-state index contributed by atoms with van der Waals surface area (Å²) in [5, 5.41) is 39.6. The molecule has 4 aliphatic rings. The van der Waals surface area contributed by atoms with E-state index in [1.165, 1.54) is 37.3 Å². The zero-order valence-electron chi connectivity index (χ0n) is 24.2. The van der Waals surface area contributed by atoms with Gasteiger partial charge in [-0.05, 0) is 70.5 Å². The van der Waals surface area contributed by atoms with E-state index in [1.807, 2.05) is 0 Å². The maximum absolute atomic E-state index is 14.1. The van der Waals surface area contributed by atoms with E-state index < -0.39 is 58.0 Å². The Hall–Kier alpha value is -4.61. The van der Waals surface area contributed by atoms with Crippen LogP contribution < -0.4 is 10.6 Å². The van der Waals surface area contributed by atoms with Crippen molar-refractivity contribution < 1.29 is 39.2 Å². The highest BCUT2D eigenvalue weighted by Crippen LogP contribution is 2.70. The number of aromatic hydroxyl groups is 1. The second kappa shape index (κ2) is 9.19. The normalized spacial score (nSPS) is 29.0. The van der Waals surface area contributed by atoms with Gasteiger partial charge in [-0.3, -0.25) is 9.59 Å². The summed E-state index contributed by atoms with van der Waals surface area (Å²) < 4.78 is 11.5. The van der Waals surface area contributed by atoms with E-state index in [-0.39, 0.29) is 40.0 Å². The summed E-state index contributed by atoms with van der Waals surface area (Å²) in [7, 11) is 0. The van der Waals surface area contributed by atoms with Crippen molar-refractivity contribution in [3.8, 4) is 29.4 Å². The highest BCUT2D eigenvalue weighted by Gasteiger charge is 2.85. The number of epoxide rings is 1. The number of alkyl carbamates (subject to hydrolysis) is 1. The van der Waals surface area contributed by atoms with Gasteiger partial charge in [0.1, 0.15) is 16.9 Å². The van der Waals surface area contributed by atoms with Crippen molar-refractivity contribution >= 4 is 23.3 Å². The molecule has 0 spiro atoms. The Bertz CT molecular complexity index is 1800. The van der Waals surface area contributed by atoms with Crippen LogP contribution >= 0.6 is 0 Å². The molecule has 10 nitrogen and oxygen atoms in total. The van der Waals surface area contributed by atoms with Crippen molar-refractivity contribution in [1.29, 1.82) is 0 Å². The first-order valence-corrected chi connectivity index (χ1v) is 13.8. The van der Waals surface area contributed by atoms with Crippen LogP contribution in [0.2, 0.25) is 0 Å². The van der Waals surface area contributed by atoms with Gasteiger partial charge in [-0.2, -0.15) is 0 Å². The molecule has 1 amide bonds. The van der Waals surface area contributed by atoms with Crippen LogP contribution in [0.25, 0.3) is 0 Å². The van der Waals surface area contributed by atoms with Gasteiger partial charge in [-0.25, -0.2) is 4.79 Å². The second-order valence-electron chi connectivity index (χ2n) is 12.3. The number of carbonyl (C=O) groups excluding carboxylic acids is 3. The molecule has 2 aliphatic heterocycles. The number of aliphatic hydroxyl groups excluding tert-OH is 2. The fraction of sp³-hybridized carbons (Fsp3) is 0.364. The first kappa shape index (κ1) is 28.5. The standard InChI is InChI=1S/C33H30N2O8/c1-17(36)33-31(5)13-9-7-6-8-10-23(38)32(33,43-33)21-15-22(37)24-25(26(21)35-31)27(39)19-12-11-18(14-20(19)28(24)40)16-34-29(41)42-30(2,3)4/h6-7,11-12,14-15,17,23,35-38H,16H2,1-5H3,(H,34,41)/b7-6-/t17-,23-,31+,32+,33+/m1/s1. The van der Waals surface area contributed by atoms with Crippen molar-refractivity contribution in [3.05, 3.63) is 69.8 Å². The summed E-state index contributed by atoms with van der Waals surface area (Å²) in [5.74, 6) is 9.75. The van der Waals surface area contributed by atoms with Gasteiger partial charge in [-0.1, -0.05) is 29.7 Å². The summed E-state index contributed by atoms with van der Waals surface area (Å²) in [6.07, 6.45) is -0.307. The number of fused-ring (bicyclic) bond motifs is 4. The van der Waals surface area contributed by atoms with Crippen molar-refractivity contribution in [1.82, 2.24) is 5.32 Å². The van der Waals surface area contributed by atoms with Crippen molar-refractivity contribution in [2.75, 3.05) is 5.32 Å². The van der Waals surface area contributed by atoms with E-state index in [1.54, 1.807) is 33.8 Å². The minimum absolute atomic E-state index is 0.0416. The monoisotopic (exact) mass is 582 g/mol. The number of amides is 1. The number of allylic oxidation sites excluding steroid dienone is 2. The molecule has 2 bridgehead atoms. The number of phenols is 1. The molecule has 2 aromatic carbocycles. The average Bonchev–Trinajstić information content (AvgIpc) is 3.66. The molecule has 5 N–H and O–H groups in total. The number of aliphatic hydroxyl groups is 2. The third kappa shape index (κ3) is 3.91. The molecule has 220 valence electrons. The molecule has 1 saturated heterocycles. The molecule has 0 aromatic heterocycles. The van der Waals surface area contributed by atoms with Crippen LogP contribution in [0.4, 0.5) is 10.5 Å². The summed E-state index contributed by atoms with van der Waals surface area (Å²) in [4.78, 5) is 40.1. The van der Waals surface area contributed by atoms with Crippen molar-refractivity contribution in [2.45, 2.75) is 75.7 Å². The molecule has 43 heavy (non-hydrogen) atoms. The quantitative estimate of drug-likeness (QED) is 0.178. The first-order chi connectivity index (χ1) is 20.2. The minimum atomic E-state index is -1.67. The molecule has 10 heteroatoms. The van der Waals surface area contributed by atoms with Crippen LogP contribution in [-0.2, 0) is 21.6 Å². The Labute approximate surface area is 248 Å². The minimum Gasteiger partial charge on any atom is -0.507 e. The topological polar surface area (TPSA) is 158 Å². The summed E-state index contributed by atoms with van der Waals surface area (Å²) in [6, 6.07) is 5.89. The molecular weight excluding hydrogens is 552 g/mol. The number of carbonyl (C=O) groups is 3. The van der Waals surface area contributed by atoms with Gasteiger partial charge < -0.3 is 35.4 Å². The van der Waals surface area contributed by atoms with Gasteiger partial charge in [0.2, 0.25) is 0 Å². The number of anilines is 1. The Balaban J connectivity index is 1.48. The third-order valence-corrected chi connectivity index (χ3v) is 8.29. The van der Waals surface area contributed by atoms with E-state index in [2.05, 4.69) is 34.3 Å². The molecule has 2 heterocycles. The molecule has 0 radical (unpaired) electrons. The molecule has 2 aromatic rings. The van der Waals surface area contributed by atoms with Gasteiger partial charge >= 0.3 is 6.09 Å². The van der Waals surface area contributed by atoms with E-state index in [0.29, 0.717) is 5.56 Å². The number of benzene rings is 2. The van der Waals surface area contributed by atoms with Crippen LogP contribution in [0.3, 0.4) is 0 Å². The van der Waals surface area contributed by atoms with Crippen LogP contribution in [-0.4, -0.2) is 61.9 Å². The van der Waals surface area contributed by atoms with Crippen LogP contribution in [0.5, 0.6) is 5.75 Å². The lowest BCUT2D eigenvalue weighted by Crippen LogP contribution is -2.62. The SMILES string of the molecule is C[C@@H](O)[C@@]12O[C@]13c1cc(O)c4c(c1N[C@@]2(C)C#C/C=C\C#C[C@H]3O)C(=O)c1ccc(CNC(=O)OC(C)(C)C)cc1C4=O. The van der Waals surface area contributed by atoms with Crippen LogP contribution in [0.1, 0.15) is 77.6 Å². The zero-order chi connectivity index (χ0) is 31.1. The molecule has 2 aliphatic carbocycles. The Morgan fingerprint density at radius 3 is 2.53 bits per heavy atom. The molecule has 5 atom stereocenters. The lowest BCUT2D eigenvalue weighted by molar-refractivity contribution is 0.0523. The molecule has 1 fully saturated rings. The van der Waals surface area contributed by atoms with Gasteiger partial charge in [0.05, 0.1) is 22.9 Å². The Kier molecular flexibility index (Phi) is 6.09. The van der Waals surface area contributed by atoms with E-state index in [4.69, 9.17) is 9.47 Å². The highest BCUT2D eigenvalue weighted by molar-refractivity contribution is 6.31. The van der Waals surface area contributed by atoms with E-state index >= 15 is 0 Å². The zero-order valence-corrected chi connectivity index (χ0v) is 24.2. The number of hydrogen-bond acceptors (Lipinski definition) is 9. The molecular formula is C33H30N2O8. The fourth-order valence-corrected chi connectivity index (χ4v) is 6.53. The number of ketones is 2. The predicted octanol–water partition coefficient (Wildman–Crippen LogP) is 2.66. The molecule has 6 rings (SSSR count). The van der Waals surface area contributed by atoms with Crippen LogP contribution in [0.15, 0.2) is 36.4 Å². The van der Waals surface area contributed by atoms with Gasteiger partial charge in [0.25, 0.3) is 0 Å². The van der Waals surface area contributed by atoms with Gasteiger partial charge in [-0.15, -0.1) is 0 Å².